The normalized spacial score (nSPS) is 24.1. The predicted octanol–water partition coefficient (Wildman–Crippen LogP) is 3.70. The van der Waals surface area contributed by atoms with Gasteiger partial charge in [0.2, 0.25) is 10.0 Å². The molecule has 5 rings (SSSR count). The van der Waals surface area contributed by atoms with Crippen LogP contribution in [0, 0.1) is 0 Å². The van der Waals surface area contributed by atoms with Gasteiger partial charge in [-0.15, -0.1) is 10.2 Å². The molecule has 4 heterocycles. The number of piperazine rings is 1. The summed E-state index contributed by atoms with van der Waals surface area (Å²) in [5, 5.41) is 10.1. The van der Waals surface area contributed by atoms with Crippen LogP contribution >= 0.6 is 11.3 Å². The van der Waals surface area contributed by atoms with E-state index in [0.717, 1.165) is 0 Å². The molecule has 3 atom stereocenters. The molecule has 1 aliphatic heterocycles. The topological polar surface area (TPSA) is 91.6 Å². The first-order chi connectivity index (χ1) is 17.0. The Bertz CT molecular complexity index is 1370. The van der Waals surface area contributed by atoms with Crippen molar-refractivity contribution in [2.24, 2.45) is 0 Å². The third-order valence-corrected chi connectivity index (χ3v) is 9.41. The third kappa shape index (κ3) is 4.59. The molecule has 2 fully saturated rings. The van der Waals surface area contributed by atoms with Crippen molar-refractivity contribution in [2.45, 2.75) is 61.7 Å². The molecular weight excluding hydrogens is 520 g/mol. The van der Waals surface area contributed by atoms with Gasteiger partial charge >= 0.3 is 0 Å². The van der Waals surface area contributed by atoms with E-state index < -0.39 is 58.5 Å². The van der Waals surface area contributed by atoms with E-state index in [1.165, 1.54) is 12.3 Å². The number of fused-ring (bicyclic) bond motifs is 1. The number of pyridine rings is 1. The van der Waals surface area contributed by atoms with E-state index in [1.807, 2.05) is 6.92 Å². The summed E-state index contributed by atoms with van der Waals surface area (Å²) in [6.07, 6.45) is 0.0532. The van der Waals surface area contributed by atoms with E-state index in [9.17, 15) is 26.0 Å². The van der Waals surface area contributed by atoms with Crippen molar-refractivity contribution < 1.29 is 26.0 Å². The fourth-order valence-corrected chi connectivity index (χ4v) is 6.72. The van der Waals surface area contributed by atoms with Gasteiger partial charge in [-0.3, -0.25) is 0 Å². The molecule has 0 radical (unpaired) electrons. The van der Waals surface area contributed by atoms with E-state index in [-0.39, 0.29) is 16.4 Å². The molecule has 1 aliphatic carbocycles. The highest BCUT2D eigenvalue weighted by atomic mass is 32.2. The van der Waals surface area contributed by atoms with Crippen LogP contribution in [0.25, 0.3) is 16.2 Å². The molecule has 2 aliphatic rings. The minimum absolute atomic E-state index is 0.0477. The van der Waals surface area contributed by atoms with Crippen LogP contribution in [0.3, 0.4) is 0 Å². The SMILES string of the molecule is C[C@@H]1[C@@H](CF)N[C@@H](CF)CN1c1cc(S(=O)(=O)NC2(C)CC2)cn2c(-c3nnc(C(F)F)s3)ccc12. The second kappa shape index (κ2) is 9.23. The lowest BCUT2D eigenvalue weighted by Gasteiger charge is -2.44. The fraction of sp³-hybridized carbons (Fsp3) is 0.545. The van der Waals surface area contributed by atoms with Crippen LogP contribution in [0.1, 0.15) is 38.1 Å². The number of hydrogen-bond donors (Lipinski definition) is 2. The molecule has 3 aromatic heterocycles. The van der Waals surface area contributed by atoms with Crippen LogP contribution in [0.2, 0.25) is 0 Å². The molecule has 1 saturated heterocycles. The van der Waals surface area contributed by atoms with Gasteiger partial charge in [-0.1, -0.05) is 11.3 Å². The predicted molar refractivity (Wildman–Crippen MR) is 129 cm³/mol. The third-order valence-electron chi connectivity index (χ3n) is 6.86. The van der Waals surface area contributed by atoms with Crippen LogP contribution in [0.5, 0.6) is 0 Å². The van der Waals surface area contributed by atoms with Crippen LogP contribution < -0.4 is 14.9 Å². The van der Waals surface area contributed by atoms with Crippen LogP contribution in [0.15, 0.2) is 29.3 Å². The highest BCUT2D eigenvalue weighted by molar-refractivity contribution is 7.89. The summed E-state index contributed by atoms with van der Waals surface area (Å²) < 4.78 is 84.8. The zero-order chi connectivity index (χ0) is 25.8. The lowest BCUT2D eigenvalue weighted by molar-refractivity contribution is 0.150. The van der Waals surface area contributed by atoms with E-state index in [1.54, 1.807) is 28.4 Å². The summed E-state index contributed by atoms with van der Waals surface area (Å²) in [5.74, 6) is 0. The minimum Gasteiger partial charge on any atom is -0.364 e. The molecule has 0 bridgehead atoms. The van der Waals surface area contributed by atoms with Gasteiger partial charge in [-0.05, 0) is 44.9 Å². The number of hydrogen-bond acceptors (Lipinski definition) is 7. The first-order valence-corrected chi connectivity index (χ1v) is 13.8. The Morgan fingerprint density at radius 3 is 2.61 bits per heavy atom. The number of halogens is 4. The first kappa shape index (κ1) is 25.4. The fourth-order valence-electron chi connectivity index (χ4n) is 4.52. The Morgan fingerprint density at radius 2 is 2.00 bits per heavy atom. The molecular formula is C22H26F4N6O2S2. The number of aromatic nitrogens is 3. The molecule has 2 N–H and O–H groups in total. The Morgan fingerprint density at radius 1 is 1.25 bits per heavy atom. The average Bonchev–Trinajstić information content (AvgIpc) is 3.23. The maximum Gasteiger partial charge on any atom is 0.291 e. The summed E-state index contributed by atoms with van der Waals surface area (Å²) >= 11 is 0.716. The second-order valence-electron chi connectivity index (χ2n) is 9.62. The number of anilines is 1. The van der Waals surface area contributed by atoms with Crippen molar-refractivity contribution in [1.82, 2.24) is 24.6 Å². The van der Waals surface area contributed by atoms with Crippen molar-refractivity contribution in [3.8, 4) is 10.7 Å². The van der Waals surface area contributed by atoms with E-state index >= 15 is 0 Å². The lowest BCUT2D eigenvalue weighted by Crippen LogP contribution is -2.63. The highest BCUT2D eigenvalue weighted by Crippen LogP contribution is 2.38. The Balaban J connectivity index is 1.68. The summed E-state index contributed by atoms with van der Waals surface area (Å²) in [4.78, 5) is 1.75. The van der Waals surface area contributed by atoms with Gasteiger partial charge in [0.25, 0.3) is 6.43 Å². The van der Waals surface area contributed by atoms with Crippen molar-refractivity contribution in [1.29, 1.82) is 0 Å². The summed E-state index contributed by atoms with van der Waals surface area (Å²) in [6, 6.07) is 3.14. The molecule has 0 spiro atoms. The molecule has 196 valence electrons. The van der Waals surface area contributed by atoms with Gasteiger partial charge in [0, 0.05) is 24.3 Å². The van der Waals surface area contributed by atoms with Gasteiger partial charge in [0.15, 0.2) is 10.0 Å². The number of alkyl halides is 4. The Labute approximate surface area is 209 Å². The monoisotopic (exact) mass is 546 g/mol. The van der Waals surface area contributed by atoms with Crippen LogP contribution in [-0.2, 0) is 10.0 Å². The molecule has 14 heteroatoms. The van der Waals surface area contributed by atoms with E-state index in [2.05, 4.69) is 20.2 Å². The Hall–Kier alpha value is -2.29. The van der Waals surface area contributed by atoms with Crippen molar-refractivity contribution in [2.75, 3.05) is 24.8 Å². The minimum atomic E-state index is -3.96. The van der Waals surface area contributed by atoms with Crippen LogP contribution in [0.4, 0.5) is 23.2 Å². The number of nitrogens with one attached hydrogen (secondary N) is 2. The van der Waals surface area contributed by atoms with E-state index in [4.69, 9.17) is 0 Å². The van der Waals surface area contributed by atoms with Gasteiger partial charge in [-0.25, -0.2) is 30.7 Å². The summed E-state index contributed by atoms with van der Waals surface area (Å²) in [7, 11) is -3.96. The van der Waals surface area contributed by atoms with Gasteiger partial charge in [-0.2, -0.15) is 0 Å². The van der Waals surface area contributed by atoms with Crippen LogP contribution in [-0.4, -0.2) is 66.6 Å². The second-order valence-corrected chi connectivity index (χ2v) is 12.3. The maximum absolute atomic E-state index is 13.8. The molecule has 3 aromatic rings. The maximum atomic E-state index is 13.8. The van der Waals surface area contributed by atoms with Crippen molar-refractivity contribution >= 4 is 32.6 Å². The quantitative estimate of drug-likeness (QED) is 0.419. The zero-order valence-corrected chi connectivity index (χ0v) is 21.2. The number of sulfonamides is 1. The highest BCUT2D eigenvalue weighted by Gasteiger charge is 2.42. The van der Waals surface area contributed by atoms with Gasteiger partial charge in [0.1, 0.15) is 18.2 Å². The molecule has 8 nitrogen and oxygen atoms in total. The molecule has 0 aromatic carbocycles. The van der Waals surface area contributed by atoms with Crippen molar-refractivity contribution in [3.63, 3.8) is 0 Å². The standard InChI is InChI=1S/C22H26F4N6O2S2/c1-12-15(9-24)27-13(8-23)10-31(12)18-7-14(36(33,34)30-22(2)5-6-22)11-32-16(18)3-4-17(32)20-28-29-21(35-20)19(25)26/h3-4,7,11-13,15,19,27,30H,5-6,8-10H2,1-2H3/t12-,13+,15-/m1/s1. The molecule has 36 heavy (non-hydrogen) atoms. The molecule has 0 amide bonds. The van der Waals surface area contributed by atoms with Crippen molar-refractivity contribution in [3.05, 3.63) is 29.4 Å². The molecule has 0 unspecified atom stereocenters. The summed E-state index contributed by atoms with van der Waals surface area (Å²) in [5.41, 5.74) is 0.881. The zero-order valence-electron chi connectivity index (χ0n) is 19.6. The van der Waals surface area contributed by atoms with Gasteiger partial charge < -0.3 is 14.6 Å². The lowest BCUT2D eigenvalue weighted by atomic mass is 10.0. The average molecular weight is 547 g/mol. The van der Waals surface area contributed by atoms with E-state index in [0.29, 0.717) is 41.1 Å². The molecule has 1 saturated carbocycles. The Kier molecular flexibility index (Phi) is 6.50. The first-order valence-electron chi connectivity index (χ1n) is 11.5. The summed E-state index contributed by atoms with van der Waals surface area (Å²) in [6.45, 7) is 2.34. The number of rotatable bonds is 8. The smallest absolute Gasteiger partial charge is 0.291 e. The number of nitrogens with zero attached hydrogens (tertiary/aromatic N) is 4. The van der Waals surface area contributed by atoms with Gasteiger partial charge in [0.05, 0.1) is 29.0 Å². The largest absolute Gasteiger partial charge is 0.364 e.